The summed E-state index contributed by atoms with van der Waals surface area (Å²) in [4.78, 5) is 0. The highest BCUT2D eigenvalue weighted by molar-refractivity contribution is 5.68. The third kappa shape index (κ3) is 2.16. The van der Waals surface area contributed by atoms with Crippen molar-refractivity contribution in [3.8, 4) is 0 Å². The van der Waals surface area contributed by atoms with E-state index in [0.717, 1.165) is 0 Å². The molecule has 1 atom stereocenters. The third-order valence-corrected chi connectivity index (χ3v) is 4.66. The van der Waals surface area contributed by atoms with E-state index in [1.54, 1.807) is 11.1 Å². The molecule has 2 fully saturated rings. The van der Waals surface area contributed by atoms with Gasteiger partial charge < -0.3 is 0 Å². The first-order chi connectivity index (χ1) is 8.69. The van der Waals surface area contributed by atoms with E-state index in [0.29, 0.717) is 0 Å². The van der Waals surface area contributed by atoms with E-state index in [1.165, 1.54) is 49.7 Å². The molecule has 0 radical (unpaired) electrons. The quantitative estimate of drug-likeness (QED) is 0.607. The van der Waals surface area contributed by atoms with Crippen molar-refractivity contribution in [1.29, 1.82) is 0 Å². The topological polar surface area (TPSA) is 0 Å². The van der Waals surface area contributed by atoms with Crippen LogP contribution in [0.25, 0.3) is 5.57 Å². The van der Waals surface area contributed by atoms with Gasteiger partial charge in [0, 0.05) is 0 Å². The number of hydrogen-bond donors (Lipinski definition) is 0. The fraction of sp³-hybridized carbons (Fsp3) is 0.444. The van der Waals surface area contributed by atoms with E-state index in [-0.39, 0.29) is 5.41 Å². The average Bonchev–Trinajstić information content (AvgIpc) is 3.23. The predicted octanol–water partition coefficient (Wildman–Crippen LogP) is 5.37. The summed E-state index contributed by atoms with van der Waals surface area (Å²) in [6.07, 6.45) is 7.94. The van der Waals surface area contributed by atoms with Crippen LogP contribution in [0.4, 0.5) is 0 Å². The van der Waals surface area contributed by atoms with Crippen LogP contribution in [0.2, 0.25) is 0 Å². The van der Waals surface area contributed by atoms with Crippen LogP contribution in [0.3, 0.4) is 0 Å². The zero-order chi connectivity index (χ0) is 12.6. The predicted molar refractivity (Wildman–Crippen MR) is 78.3 cm³/mol. The van der Waals surface area contributed by atoms with E-state index in [4.69, 9.17) is 0 Å². The molecule has 0 amide bonds. The molecular formula is C18H22. The van der Waals surface area contributed by atoms with Gasteiger partial charge in [-0.1, -0.05) is 55.0 Å². The van der Waals surface area contributed by atoms with Crippen LogP contribution >= 0.6 is 0 Å². The summed E-state index contributed by atoms with van der Waals surface area (Å²) in [5, 5.41) is 0. The Labute approximate surface area is 110 Å². The van der Waals surface area contributed by atoms with Gasteiger partial charge in [-0.05, 0) is 55.1 Å². The van der Waals surface area contributed by atoms with Crippen molar-refractivity contribution in [3.63, 3.8) is 0 Å². The normalized spacial score (nSPS) is 27.2. The largest absolute Gasteiger partial charge is 0.0947 e. The van der Waals surface area contributed by atoms with E-state index < -0.39 is 0 Å². The lowest BCUT2D eigenvalue weighted by Gasteiger charge is -2.37. The number of rotatable bonds is 2. The molecule has 0 heterocycles. The first kappa shape index (κ1) is 11.8. The fourth-order valence-corrected chi connectivity index (χ4v) is 3.30. The van der Waals surface area contributed by atoms with Gasteiger partial charge >= 0.3 is 0 Å². The number of hydrogen-bond acceptors (Lipinski definition) is 0. The van der Waals surface area contributed by atoms with Crippen LogP contribution in [-0.4, -0.2) is 0 Å². The molecule has 0 bridgehead atoms. The van der Waals surface area contributed by atoms with Gasteiger partial charge in [0.15, 0.2) is 0 Å². The summed E-state index contributed by atoms with van der Waals surface area (Å²) in [7, 11) is 0. The molecule has 0 saturated heterocycles. The molecule has 0 spiro atoms. The Morgan fingerprint density at radius 3 is 2.44 bits per heavy atom. The summed E-state index contributed by atoms with van der Waals surface area (Å²) in [5.74, 6) is 0. The number of benzene rings is 1. The van der Waals surface area contributed by atoms with Crippen LogP contribution in [-0.2, 0) is 0 Å². The smallest absolute Gasteiger partial charge is 0.00379 e. The molecule has 0 aromatic heterocycles. The Morgan fingerprint density at radius 1 is 1.06 bits per heavy atom. The van der Waals surface area contributed by atoms with Gasteiger partial charge in [-0.3, -0.25) is 0 Å². The van der Waals surface area contributed by atoms with E-state index >= 15 is 0 Å². The molecule has 0 aliphatic heterocycles. The standard InChI is InChI=1S/C18H22/c1-14(15-7-4-3-5-8-15)18(2)12-6-9-17(13-18)16-10-11-16/h3-5,7-8H,1,6,9-13H2,2H3. The van der Waals surface area contributed by atoms with Crippen molar-refractivity contribution in [2.45, 2.75) is 45.4 Å². The minimum atomic E-state index is 0.282. The molecule has 94 valence electrons. The van der Waals surface area contributed by atoms with E-state index in [2.05, 4.69) is 43.8 Å². The van der Waals surface area contributed by atoms with Gasteiger partial charge in [0.2, 0.25) is 0 Å². The Bertz CT molecular complexity index is 486. The van der Waals surface area contributed by atoms with Gasteiger partial charge in [0.25, 0.3) is 0 Å². The molecule has 0 N–H and O–H groups in total. The van der Waals surface area contributed by atoms with E-state index in [1.807, 2.05) is 0 Å². The lowest BCUT2D eigenvalue weighted by atomic mass is 9.67. The average molecular weight is 238 g/mol. The molecular weight excluding hydrogens is 216 g/mol. The highest BCUT2D eigenvalue weighted by Gasteiger charge is 2.34. The summed E-state index contributed by atoms with van der Waals surface area (Å²) in [5.41, 5.74) is 6.44. The molecule has 0 nitrogen and oxygen atoms in total. The summed E-state index contributed by atoms with van der Waals surface area (Å²) in [6, 6.07) is 10.7. The summed E-state index contributed by atoms with van der Waals surface area (Å²) in [6.45, 7) is 6.82. The van der Waals surface area contributed by atoms with Gasteiger partial charge in [0.05, 0.1) is 0 Å². The van der Waals surface area contributed by atoms with Crippen molar-refractivity contribution in [2.24, 2.45) is 5.41 Å². The Morgan fingerprint density at radius 2 is 1.78 bits per heavy atom. The van der Waals surface area contributed by atoms with Crippen LogP contribution in [0.5, 0.6) is 0 Å². The summed E-state index contributed by atoms with van der Waals surface area (Å²) >= 11 is 0. The van der Waals surface area contributed by atoms with Crippen molar-refractivity contribution < 1.29 is 0 Å². The van der Waals surface area contributed by atoms with Crippen molar-refractivity contribution in [1.82, 2.24) is 0 Å². The van der Waals surface area contributed by atoms with Gasteiger partial charge in [-0.15, -0.1) is 0 Å². The lowest BCUT2D eigenvalue weighted by molar-refractivity contribution is 0.352. The molecule has 2 aliphatic carbocycles. The van der Waals surface area contributed by atoms with Crippen molar-refractivity contribution in [3.05, 3.63) is 53.6 Å². The minimum Gasteiger partial charge on any atom is -0.0947 e. The van der Waals surface area contributed by atoms with E-state index in [9.17, 15) is 0 Å². The maximum atomic E-state index is 4.41. The maximum Gasteiger partial charge on any atom is -0.00379 e. The molecule has 3 rings (SSSR count). The molecule has 1 aromatic carbocycles. The highest BCUT2D eigenvalue weighted by Crippen LogP contribution is 2.50. The van der Waals surface area contributed by atoms with Crippen LogP contribution in [0.15, 0.2) is 48.1 Å². The Hall–Kier alpha value is -1.30. The van der Waals surface area contributed by atoms with Crippen LogP contribution < -0.4 is 0 Å². The van der Waals surface area contributed by atoms with Crippen molar-refractivity contribution in [2.75, 3.05) is 0 Å². The zero-order valence-electron chi connectivity index (χ0n) is 11.3. The second kappa shape index (κ2) is 4.42. The fourth-order valence-electron chi connectivity index (χ4n) is 3.30. The Kier molecular flexibility index (Phi) is 2.89. The van der Waals surface area contributed by atoms with Gasteiger partial charge in [-0.2, -0.15) is 0 Å². The van der Waals surface area contributed by atoms with Crippen LogP contribution in [0.1, 0.15) is 51.0 Å². The van der Waals surface area contributed by atoms with Crippen molar-refractivity contribution >= 4 is 5.57 Å². The van der Waals surface area contributed by atoms with Crippen LogP contribution in [0, 0.1) is 5.41 Å². The first-order valence-electron chi connectivity index (χ1n) is 7.14. The lowest BCUT2D eigenvalue weighted by Crippen LogP contribution is -2.23. The third-order valence-electron chi connectivity index (χ3n) is 4.66. The zero-order valence-corrected chi connectivity index (χ0v) is 11.3. The molecule has 1 unspecified atom stereocenters. The van der Waals surface area contributed by atoms with Gasteiger partial charge in [0.1, 0.15) is 0 Å². The van der Waals surface area contributed by atoms with Gasteiger partial charge in [-0.25, -0.2) is 0 Å². The first-order valence-corrected chi connectivity index (χ1v) is 7.14. The highest BCUT2D eigenvalue weighted by atomic mass is 14.4. The molecule has 0 heteroatoms. The molecule has 18 heavy (non-hydrogen) atoms. The summed E-state index contributed by atoms with van der Waals surface area (Å²) < 4.78 is 0. The minimum absolute atomic E-state index is 0.282. The molecule has 2 saturated carbocycles. The maximum absolute atomic E-state index is 4.41. The second-order valence-corrected chi connectivity index (χ2v) is 6.14. The molecule has 2 aliphatic rings. The monoisotopic (exact) mass is 238 g/mol. The Balaban J connectivity index is 1.86. The second-order valence-electron chi connectivity index (χ2n) is 6.14. The SMILES string of the molecule is C=C(c1ccccc1)C1(C)CCCC(=C2CC2)C1. The molecule has 1 aromatic rings. The number of allylic oxidation sites excluding steroid dienone is 3.